The van der Waals surface area contributed by atoms with Gasteiger partial charge in [-0.05, 0) is 67.1 Å². The van der Waals surface area contributed by atoms with Gasteiger partial charge >= 0.3 is 0 Å². The van der Waals surface area contributed by atoms with E-state index in [0.29, 0.717) is 27.0 Å². The van der Waals surface area contributed by atoms with Crippen LogP contribution in [0, 0.1) is 20.8 Å². The van der Waals surface area contributed by atoms with Crippen LogP contribution in [0.5, 0.6) is 0 Å². The van der Waals surface area contributed by atoms with E-state index in [4.69, 9.17) is 4.42 Å². The smallest absolute Gasteiger partial charge is 0.267 e. The average Bonchev–Trinajstić information content (AvgIpc) is 3.36. The van der Waals surface area contributed by atoms with E-state index in [1.165, 1.54) is 17.7 Å². The molecule has 27 heavy (non-hydrogen) atoms. The van der Waals surface area contributed by atoms with Crippen LogP contribution < -0.4 is 5.32 Å². The minimum Gasteiger partial charge on any atom is -0.459 e. The number of carbonyl (C=O) groups excluding carboxylic acids is 1. The van der Waals surface area contributed by atoms with Gasteiger partial charge in [-0.1, -0.05) is 0 Å². The van der Waals surface area contributed by atoms with Crippen LogP contribution in [0.15, 0.2) is 41.1 Å². The Morgan fingerprint density at radius 3 is 2.70 bits per heavy atom. The van der Waals surface area contributed by atoms with Crippen molar-refractivity contribution < 1.29 is 9.21 Å². The maximum absolute atomic E-state index is 12.7. The van der Waals surface area contributed by atoms with Gasteiger partial charge < -0.3 is 9.73 Å². The molecule has 0 saturated carbocycles. The first-order valence-corrected chi connectivity index (χ1v) is 9.02. The SMILES string of the molecule is Cc1ccc(-c2nc(C)c(C(=O)Nc3ccc(-n4cnnn4)c(C)c3)s2)o1. The van der Waals surface area contributed by atoms with Crippen molar-refractivity contribution in [3.63, 3.8) is 0 Å². The third kappa shape index (κ3) is 3.36. The van der Waals surface area contributed by atoms with E-state index in [9.17, 15) is 4.79 Å². The van der Waals surface area contributed by atoms with Gasteiger partial charge in [-0.3, -0.25) is 4.79 Å². The molecule has 0 radical (unpaired) electrons. The highest BCUT2D eigenvalue weighted by molar-refractivity contribution is 7.17. The summed E-state index contributed by atoms with van der Waals surface area (Å²) in [5.74, 6) is 1.28. The van der Waals surface area contributed by atoms with Gasteiger partial charge in [0.2, 0.25) is 0 Å². The molecular formula is C18H16N6O2S. The number of nitrogens with zero attached hydrogens (tertiary/aromatic N) is 5. The first kappa shape index (κ1) is 17.1. The molecule has 3 heterocycles. The number of nitrogens with one attached hydrogen (secondary N) is 1. The van der Waals surface area contributed by atoms with Crippen molar-refractivity contribution in [2.45, 2.75) is 20.8 Å². The number of rotatable bonds is 4. The van der Waals surface area contributed by atoms with Crippen LogP contribution in [-0.4, -0.2) is 31.1 Å². The standard InChI is InChI=1S/C18H16N6O2S/c1-10-8-13(5-6-14(10)24-9-19-22-23-24)21-17(25)16-12(3)20-18(27-16)15-7-4-11(2)26-15/h4-9H,1-3H3,(H,21,25). The molecule has 1 aromatic carbocycles. The number of anilines is 1. The summed E-state index contributed by atoms with van der Waals surface area (Å²) in [7, 11) is 0. The Hall–Kier alpha value is -3.33. The number of aromatic nitrogens is 5. The summed E-state index contributed by atoms with van der Waals surface area (Å²) in [4.78, 5) is 17.7. The van der Waals surface area contributed by atoms with Crippen molar-refractivity contribution in [2.75, 3.05) is 5.32 Å². The zero-order valence-corrected chi connectivity index (χ0v) is 15.7. The molecule has 0 aliphatic rings. The number of hydrogen-bond donors (Lipinski definition) is 1. The van der Waals surface area contributed by atoms with Gasteiger partial charge in [0.15, 0.2) is 10.8 Å². The maximum Gasteiger partial charge on any atom is 0.267 e. The zero-order valence-electron chi connectivity index (χ0n) is 14.9. The number of thiazole rings is 1. The highest BCUT2D eigenvalue weighted by Crippen LogP contribution is 2.30. The summed E-state index contributed by atoms with van der Waals surface area (Å²) in [5, 5.41) is 14.8. The van der Waals surface area contributed by atoms with Gasteiger partial charge in [0.25, 0.3) is 5.91 Å². The molecule has 0 aliphatic heterocycles. The van der Waals surface area contributed by atoms with Crippen LogP contribution in [0.1, 0.15) is 26.7 Å². The van der Waals surface area contributed by atoms with Gasteiger partial charge in [0, 0.05) is 5.69 Å². The van der Waals surface area contributed by atoms with E-state index in [1.807, 2.05) is 51.1 Å². The topological polar surface area (TPSA) is 98.7 Å². The van der Waals surface area contributed by atoms with E-state index < -0.39 is 0 Å². The monoisotopic (exact) mass is 380 g/mol. The van der Waals surface area contributed by atoms with Crippen molar-refractivity contribution in [3.8, 4) is 16.5 Å². The average molecular weight is 380 g/mol. The molecule has 0 fully saturated rings. The molecule has 4 rings (SSSR count). The second-order valence-corrected chi connectivity index (χ2v) is 7.05. The second kappa shape index (κ2) is 6.76. The summed E-state index contributed by atoms with van der Waals surface area (Å²) in [6.45, 7) is 5.62. The maximum atomic E-state index is 12.7. The Bertz CT molecular complexity index is 1110. The molecule has 0 saturated heterocycles. The van der Waals surface area contributed by atoms with Gasteiger partial charge in [0.05, 0.1) is 11.4 Å². The molecule has 0 spiro atoms. The lowest BCUT2D eigenvalue weighted by molar-refractivity contribution is 0.103. The largest absolute Gasteiger partial charge is 0.459 e. The molecular weight excluding hydrogens is 364 g/mol. The predicted molar refractivity (Wildman–Crippen MR) is 101 cm³/mol. The van der Waals surface area contributed by atoms with Crippen LogP contribution in [0.3, 0.4) is 0 Å². The Kier molecular flexibility index (Phi) is 4.28. The summed E-state index contributed by atoms with van der Waals surface area (Å²) < 4.78 is 7.17. The molecule has 4 aromatic rings. The zero-order chi connectivity index (χ0) is 19.0. The van der Waals surface area contributed by atoms with E-state index in [0.717, 1.165) is 17.0 Å². The molecule has 8 nitrogen and oxygen atoms in total. The van der Waals surface area contributed by atoms with E-state index in [2.05, 4.69) is 25.8 Å². The van der Waals surface area contributed by atoms with Gasteiger partial charge in [-0.25, -0.2) is 9.67 Å². The minimum atomic E-state index is -0.200. The number of benzene rings is 1. The lowest BCUT2D eigenvalue weighted by Gasteiger charge is -2.08. The molecule has 136 valence electrons. The summed E-state index contributed by atoms with van der Waals surface area (Å²) >= 11 is 1.31. The molecule has 1 N–H and O–H groups in total. The van der Waals surface area contributed by atoms with Crippen LogP contribution in [-0.2, 0) is 0 Å². The Morgan fingerprint density at radius 2 is 2.04 bits per heavy atom. The third-order valence-corrected chi connectivity index (χ3v) is 5.18. The Balaban J connectivity index is 1.56. The van der Waals surface area contributed by atoms with Crippen molar-refractivity contribution in [3.05, 3.63) is 58.6 Å². The first-order valence-electron chi connectivity index (χ1n) is 8.21. The van der Waals surface area contributed by atoms with E-state index in [1.54, 1.807) is 4.68 Å². The predicted octanol–water partition coefficient (Wildman–Crippen LogP) is 3.56. The fraction of sp³-hybridized carbons (Fsp3) is 0.167. The lowest BCUT2D eigenvalue weighted by Crippen LogP contribution is -2.12. The van der Waals surface area contributed by atoms with Crippen LogP contribution in [0.25, 0.3) is 16.5 Å². The van der Waals surface area contributed by atoms with E-state index >= 15 is 0 Å². The number of furan rings is 1. The highest BCUT2D eigenvalue weighted by Gasteiger charge is 2.18. The van der Waals surface area contributed by atoms with Crippen LogP contribution >= 0.6 is 11.3 Å². The number of amides is 1. The minimum absolute atomic E-state index is 0.200. The fourth-order valence-electron chi connectivity index (χ4n) is 2.71. The Morgan fingerprint density at radius 1 is 1.19 bits per heavy atom. The normalized spacial score (nSPS) is 10.9. The van der Waals surface area contributed by atoms with Gasteiger partial charge in [-0.2, -0.15) is 0 Å². The molecule has 0 aliphatic carbocycles. The number of tetrazole rings is 1. The molecule has 0 atom stereocenters. The van der Waals surface area contributed by atoms with E-state index in [-0.39, 0.29) is 5.91 Å². The van der Waals surface area contributed by atoms with Crippen LogP contribution in [0.2, 0.25) is 0 Å². The lowest BCUT2D eigenvalue weighted by atomic mass is 10.1. The van der Waals surface area contributed by atoms with Crippen molar-refractivity contribution >= 4 is 22.9 Å². The summed E-state index contributed by atoms with van der Waals surface area (Å²) in [6.07, 6.45) is 1.53. The van der Waals surface area contributed by atoms with Crippen molar-refractivity contribution in [1.29, 1.82) is 0 Å². The summed E-state index contributed by atoms with van der Waals surface area (Å²) in [5.41, 5.74) is 3.15. The molecule has 1 amide bonds. The fourth-order valence-corrected chi connectivity index (χ4v) is 3.64. The molecule has 0 unspecified atom stereocenters. The number of hydrogen-bond acceptors (Lipinski definition) is 7. The van der Waals surface area contributed by atoms with Gasteiger partial charge in [-0.15, -0.1) is 16.4 Å². The third-order valence-electron chi connectivity index (χ3n) is 4.00. The molecule has 3 aromatic heterocycles. The highest BCUT2D eigenvalue weighted by atomic mass is 32.1. The number of carbonyl (C=O) groups is 1. The first-order chi connectivity index (χ1) is 13.0. The van der Waals surface area contributed by atoms with Crippen LogP contribution in [0.4, 0.5) is 5.69 Å². The van der Waals surface area contributed by atoms with Crippen molar-refractivity contribution in [1.82, 2.24) is 25.2 Å². The molecule has 0 bridgehead atoms. The van der Waals surface area contributed by atoms with Gasteiger partial charge in [0.1, 0.15) is 17.0 Å². The Labute approximate surface area is 158 Å². The summed E-state index contributed by atoms with van der Waals surface area (Å²) in [6, 6.07) is 9.28. The van der Waals surface area contributed by atoms with Crippen molar-refractivity contribution in [2.24, 2.45) is 0 Å². The second-order valence-electron chi connectivity index (χ2n) is 6.05. The molecule has 9 heteroatoms. The quantitative estimate of drug-likeness (QED) is 0.581. The number of aryl methyl sites for hydroxylation is 3.